The SMILES string of the molecule is COC(=O)CC1(CSCC2CCC2)CC1. The van der Waals surface area contributed by atoms with Crippen LogP contribution in [0, 0.1) is 11.3 Å². The van der Waals surface area contributed by atoms with Gasteiger partial charge in [0.1, 0.15) is 0 Å². The Morgan fingerprint density at radius 1 is 1.47 bits per heavy atom. The molecule has 2 aliphatic rings. The normalized spacial score (nSPS) is 23.3. The average Bonchev–Trinajstić information content (AvgIpc) is 2.90. The van der Waals surface area contributed by atoms with Gasteiger partial charge in [0, 0.05) is 0 Å². The molecule has 2 aliphatic carbocycles. The van der Waals surface area contributed by atoms with Crippen molar-refractivity contribution in [3.63, 3.8) is 0 Å². The molecule has 3 heteroatoms. The quantitative estimate of drug-likeness (QED) is 0.654. The number of hydrogen-bond donors (Lipinski definition) is 0. The summed E-state index contributed by atoms with van der Waals surface area (Å²) in [5.41, 5.74) is 0.321. The molecule has 0 aromatic rings. The van der Waals surface area contributed by atoms with Crippen LogP contribution in [0.5, 0.6) is 0 Å². The van der Waals surface area contributed by atoms with E-state index in [4.69, 9.17) is 4.74 Å². The van der Waals surface area contributed by atoms with Crippen LogP contribution in [0.15, 0.2) is 0 Å². The summed E-state index contributed by atoms with van der Waals surface area (Å²) in [5.74, 6) is 3.42. The van der Waals surface area contributed by atoms with Crippen LogP contribution in [0.4, 0.5) is 0 Å². The first kappa shape index (κ1) is 11.3. The van der Waals surface area contributed by atoms with Crippen molar-refractivity contribution >= 4 is 17.7 Å². The number of carbonyl (C=O) groups is 1. The minimum Gasteiger partial charge on any atom is -0.469 e. The predicted molar refractivity (Wildman–Crippen MR) is 63.0 cm³/mol. The number of esters is 1. The van der Waals surface area contributed by atoms with E-state index < -0.39 is 0 Å². The molecule has 0 heterocycles. The highest BCUT2D eigenvalue weighted by atomic mass is 32.2. The lowest BCUT2D eigenvalue weighted by molar-refractivity contribution is -0.141. The number of hydrogen-bond acceptors (Lipinski definition) is 3. The molecule has 2 nitrogen and oxygen atoms in total. The number of thioether (sulfide) groups is 1. The molecule has 0 aliphatic heterocycles. The van der Waals surface area contributed by atoms with Gasteiger partial charge in [0.15, 0.2) is 0 Å². The molecule has 0 aromatic carbocycles. The fourth-order valence-electron chi connectivity index (χ4n) is 2.03. The maximum atomic E-state index is 11.2. The summed E-state index contributed by atoms with van der Waals surface area (Å²) < 4.78 is 4.74. The average molecular weight is 228 g/mol. The van der Waals surface area contributed by atoms with Gasteiger partial charge >= 0.3 is 5.97 Å². The molecule has 0 saturated heterocycles. The van der Waals surface area contributed by atoms with E-state index in [1.807, 2.05) is 0 Å². The van der Waals surface area contributed by atoms with Crippen molar-refractivity contribution in [3.05, 3.63) is 0 Å². The van der Waals surface area contributed by atoms with Crippen LogP contribution >= 0.6 is 11.8 Å². The monoisotopic (exact) mass is 228 g/mol. The second kappa shape index (κ2) is 4.77. The fraction of sp³-hybridized carbons (Fsp3) is 0.917. The first-order valence-electron chi connectivity index (χ1n) is 5.89. The molecule has 15 heavy (non-hydrogen) atoms. The van der Waals surface area contributed by atoms with Gasteiger partial charge in [0.25, 0.3) is 0 Å². The van der Waals surface area contributed by atoms with Crippen molar-refractivity contribution in [1.29, 1.82) is 0 Å². The van der Waals surface area contributed by atoms with Crippen LogP contribution in [-0.4, -0.2) is 24.6 Å². The van der Waals surface area contributed by atoms with E-state index in [1.165, 1.54) is 50.7 Å². The third kappa shape index (κ3) is 3.13. The van der Waals surface area contributed by atoms with Crippen molar-refractivity contribution in [3.8, 4) is 0 Å². The molecular formula is C12H20O2S. The van der Waals surface area contributed by atoms with Crippen molar-refractivity contribution in [2.45, 2.75) is 38.5 Å². The second-order valence-corrected chi connectivity index (χ2v) is 6.10. The third-order valence-electron chi connectivity index (χ3n) is 3.69. The van der Waals surface area contributed by atoms with Gasteiger partial charge < -0.3 is 4.74 Å². The Labute approximate surface area is 96.1 Å². The van der Waals surface area contributed by atoms with Gasteiger partial charge in [-0.3, -0.25) is 4.79 Å². The largest absolute Gasteiger partial charge is 0.469 e. The van der Waals surface area contributed by atoms with Crippen LogP contribution in [0.1, 0.15) is 38.5 Å². The first-order valence-corrected chi connectivity index (χ1v) is 7.04. The van der Waals surface area contributed by atoms with E-state index in [0.29, 0.717) is 11.8 Å². The summed E-state index contributed by atoms with van der Waals surface area (Å²) in [6, 6.07) is 0. The summed E-state index contributed by atoms with van der Waals surface area (Å²) in [6.07, 6.45) is 7.37. The van der Waals surface area contributed by atoms with Crippen molar-refractivity contribution in [2.24, 2.45) is 11.3 Å². The number of carbonyl (C=O) groups excluding carboxylic acids is 1. The maximum absolute atomic E-state index is 11.2. The number of methoxy groups -OCH3 is 1. The van der Waals surface area contributed by atoms with Gasteiger partial charge in [0.05, 0.1) is 13.5 Å². The van der Waals surface area contributed by atoms with Crippen molar-refractivity contribution in [1.82, 2.24) is 0 Å². The van der Waals surface area contributed by atoms with Gasteiger partial charge in [-0.25, -0.2) is 0 Å². The van der Waals surface area contributed by atoms with Gasteiger partial charge in [-0.15, -0.1) is 0 Å². The molecule has 2 rings (SSSR count). The molecule has 0 unspecified atom stereocenters. The fourth-order valence-corrected chi connectivity index (χ4v) is 3.64. The minimum absolute atomic E-state index is 0.0308. The van der Waals surface area contributed by atoms with Gasteiger partial charge in [0.2, 0.25) is 0 Å². The zero-order valence-corrected chi connectivity index (χ0v) is 10.3. The smallest absolute Gasteiger partial charge is 0.306 e. The highest BCUT2D eigenvalue weighted by Gasteiger charge is 2.44. The Kier molecular flexibility index (Phi) is 3.60. The Morgan fingerprint density at radius 2 is 2.20 bits per heavy atom. The van der Waals surface area contributed by atoms with Crippen LogP contribution in [0.3, 0.4) is 0 Å². The Morgan fingerprint density at radius 3 is 2.67 bits per heavy atom. The van der Waals surface area contributed by atoms with Gasteiger partial charge in [-0.05, 0) is 48.5 Å². The molecule has 0 aromatic heterocycles. The number of ether oxygens (including phenoxy) is 1. The summed E-state index contributed by atoms with van der Waals surface area (Å²) in [5, 5.41) is 0. The van der Waals surface area contributed by atoms with E-state index in [-0.39, 0.29) is 5.97 Å². The van der Waals surface area contributed by atoms with E-state index >= 15 is 0 Å². The predicted octanol–water partition coefficient (Wildman–Crippen LogP) is 2.86. The van der Waals surface area contributed by atoms with E-state index in [2.05, 4.69) is 11.8 Å². The lowest BCUT2D eigenvalue weighted by Crippen LogP contribution is -2.17. The van der Waals surface area contributed by atoms with Crippen molar-refractivity contribution < 1.29 is 9.53 Å². The lowest BCUT2D eigenvalue weighted by atomic mass is 9.87. The highest BCUT2D eigenvalue weighted by molar-refractivity contribution is 7.99. The lowest BCUT2D eigenvalue weighted by Gasteiger charge is -2.25. The topological polar surface area (TPSA) is 26.3 Å². The Bertz CT molecular complexity index is 232. The molecule has 2 fully saturated rings. The molecule has 0 bridgehead atoms. The van der Waals surface area contributed by atoms with Crippen molar-refractivity contribution in [2.75, 3.05) is 18.6 Å². The van der Waals surface area contributed by atoms with Gasteiger partial charge in [-0.1, -0.05) is 6.42 Å². The third-order valence-corrected chi connectivity index (χ3v) is 5.21. The van der Waals surface area contributed by atoms with E-state index in [1.54, 1.807) is 0 Å². The molecule has 0 atom stereocenters. The Hall–Kier alpha value is -0.180. The summed E-state index contributed by atoms with van der Waals surface area (Å²) in [6.45, 7) is 0. The molecule has 0 N–H and O–H groups in total. The molecule has 0 amide bonds. The first-order chi connectivity index (χ1) is 7.24. The zero-order chi connectivity index (χ0) is 10.7. The van der Waals surface area contributed by atoms with E-state index in [9.17, 15) is 4.79 Å². The number of rotatable bonds is 6. The van der Waals surface area contributed by atoms with E-state index in [0.717, 1.165) is 5.92 Å². The summed E-state index contributed by atoms with van der Waals surface area (Å²) >= 11 is 2.05. The van der Waals surface area contributed by atoms with Crippen LogP contribution in [0.2, 0.25) is 0 Å². The Balaban J connectivity index is 1.62. The van der Waals surface area contributed by atoms with Crippen LogP contribution < -0.4 is 0 Å². The minimum atomic E-state index is -0.0308. The molecule has 2 saturated carbocycles. The maximum Gasteiger partial charge on any atom is 0.306 e. The molecular weight excluding hydrogens is 208 g/mol. The zero-order valence-electron chi connectivity index (χ0n) is 9.46. The molecule has 86 valence electrons. The second-order valence-electron chi connectivity index (χ2n) is 5.06. The van der Waals surface area contributed by atoms with Crippen LogP contribution in [0.25, 0.3) is 0 Å². The summed E-state index contributed by atoms with van der Waals surface area (Å²) in [7, 11) is 1.49. The van der Waals surface area contributed by atoms with Gasteiger partial charge in [-0.2, -0.15) is 11.8 Å². The molecule has 0 spiro atoms. The standard InChI is InChI=1S/C12H20O2S/c1-14-11(13)7-12(5-6-12)9-15-8-10-3-2-4-10/h10H,2-9H2,1H3. The highest BCUT2D eigenvalue weighted by Crippen LogP contribution is 2.51. The molecule has 0 radical (unpaired) electrons. The summed E-state index contributed by atoms with van der Waals surface area (Å²) in [4.78, 5) is 11.2. The van der Waals surface area contributed by atoms with Crippen LogP contribution in [-0.2, 0) is 9.53 Å².